The number of ketones is 1. The first-order valence-electron chi connectivity index (χ1n) is 7.83. The fraction of sp³-hybridized carbons (Fsp3) is 0.0455. The molecule has 0 atom stereocenters. The highest BCUT2D eigenvalue weighted by atomic mass is 16.1. The van der Waals surface area contributed by atoms with Crippen molar-refractivity contribution in [1.82, 2.24) is 0 Å². The Balaban J connectivity index is 1.87. The summed E-state index contributed by atoms with van der Waals surface area (Å²) in [4.78, 5) is 12.9. The second-order valence-corrected chi connectivity index (χ2v) is 6.32. The Morgan fingerprint density at radius 1 is 0.565 bits per heavy atom. The van der Waals surface area contributed by atoms with Crippen LogP contribution in [0.3, 0.4) is 0 Å². The van der Waals surface area contributed by atoms with E-state index in [1.54, 1.807) is 0 Å². The van der Waals surface area contributed by atoms with Gasteiger partial charge in [0.05, 0.1) is 0 Å². The third kappa shape index (κ3) is 1.71. The quantitative estimate of drug-likeness (QED) is 0.368. The van der Waals surface area contributed by atoms with Crippen molar-refractivity contribution in [2.45, 2.75) is 6.92 Å². The van der Waals surface area contributed by atoms with Crippen LogP contribution in [0.25, 0.3) is 32.7 Å². The molecule has 0 unspecified atom stereocenters. The van der Waals surface area contributed by atoms with E-state index in [4.69, 9.17) is 0 Å². The largest absolute Gasteiger partial charge is 0.289 e. The number of benzene rings is 4. The van der Waals surface area contributed by atoms with Crippen molar-refractivity contribution in [2.24, 2.45) is 0 Å². The van der Waals surface area contributed by atoms with E-state index < -0.39 is 0 Å². The van der Waals surface area contributed by atoms with Gasteiger partial charge in [-0.2, -0.15) is 0 Å². The van der Waals surface area contributed by atoms with Gasteiger partial charge in [0, 0.05) is 11.1 Å². The van der Waals surface area contributed by atoms with Crippen molar-refractivity contribution in [3.63, 3.8) is 0 Å². The van der Waals surface area contributed by atoms with Crippen LogP contribution in [0, 0.1) is 6.92 Å². The van der Waals surface area contributed by atoms with Gasteiger partial charge < -0.3 is 0 Å². The molecule has 0 aliphatic heterocycles. The van der Waals surface area contributed by atoms with Gasteiger partial charge in [0.15, 0.2) is 5.78 Å². The van der Waals surface area contributed by atoms with Crippen LogP contribution < -0.4 is 0 Å². The second kappa shape index (κ2) is 4.30. The summed E-state index contributed by atoms with van der Waals surface area (Å²) in [5.74, 6) is 0.143. The summed E-state index contributed by atoms with van der Waals surface area (Å²) >= 11 is 0. The number of rotatable bonds is 0. The minimum Gasteiger partial charge on any atom is -0.289 e. The molecule has 0 aromatic heterocycles. The molecule has 0 bridgehead atoms. The average Bonchev–Trinajstić information content (AvgIpc) is 2.83. The number of carbonyl (C=O) groups is 1. The molecule has 1 aliphatic rings. The molecule has 0 saturated carbocycles. The van der Waals surface area contributed by atoms with Gasteiger partial charge in [-0.1, -0.05) is 48.0 Å². The lowest BCUT2D eigenvalue weighted by Gasteiger charge is -2.05. The second-order valence-electron chi connectivity index (χ2n) is 6.32. The molecule has 4 aromatic rings. The van der Waals surface area contributed by atoms with Gasteiger partial charge in [-0.15, -0.1) is 0 Å². The molecule has 108 valence electrons. The molecular formula is C22H14O. The summed E-state index contributed by atoms with van der Waals surface area (Å²) in [6.07, 6.45) is 0. The molecule has 0 heterocycles. The highest BCUT2D eigenvalue weighted by molar-refractivity contribution is 6.24. The Kier molecular flexibility index (Phi) is 2.35. The predicted octanol–water partition coefficient (Wildman–Crippen LogP) is 5.51. The summed E-state index contributed by atoms with van der Waals surface area (Å²) in [7, 11) is 0. The number of hydrogen-bond donors (Lipinski definition) is 0. The van der Waals surface area contributed by atoms with Crippen molar-refractivity contribution >= 4 is 27.3 Å². The molecule has 0 spiro atoms. The van der Waals surface area contributed by atoms with E-state index in [-0.39, 0.29) is 5.78 Å². The minimum absolute atomic E-state index is 0.143. The van der Waals surface area contributed by atoms with Gasteiger partial charge in [-0.25, -0.2) is 0 Å². The van der Waals surface area contributed by atoms with Crippen molar-refractivity contribution in [3.8, 4) is 11.1 Å². The predicted molar refractivity (Wildman–Crippen MR) is 95.1 cm³/mol. The van der Waals surface area contributed by atoms with E-state index in [0.29, 0.717) is 0 Å². The van der Waals surface area contributed by atoms with Crippen molar-refractivity contribution in [3.05, 3.63) is 83.4 Å². The van der Waals surface area contributed by atoms with E-state index in [2.05, 4.69) is 49.4 Å². The maximum absolute atomic E-state index is 12.9. The molecule has 23 heavy (non-hydrogen) atoms. The summed E-state index contributed by atoms with van der Waals surface area (Å²) in [5, 5.41) is 4.61. The molecule has 4 aromatic carbocycles. The van der Waals surface area contributed by atoms with Crippen LogP contribution >= 0.6 is 0 Å². The van der Waals surface area contributed by atoms with Gasteiger partial charge in [0.2, 0.25) is 0 Å². The number of carbonyl (C=O) groups excluding carboxylic acids is 1. The van der Waals surface area contributed by atoms with Crippen LogP contribution in [-0.2, 0) is 0 Å². The Morgan fingerprint density at radius 2 is 1.09 bits per heavy atom. The maximum atomic E-state index is 12.9. The first-order valence-corrected chi connectivity index (χ1v) is 7.83. The monoisotopic (exact) mass is 294 g/mol. The van der Waals surface area contributed by atoms with Crippen LogP contribution in [0.5, 0.6) is 0 Å². The van der Waals surface area contributed by atoms with Crippen molar-refractivity contribution < 1.29 is 4.79 Å². The van der Waals surface area contributed by atoms with Gasteiger partial charge in [-0.05, 0) is 63.9 Å². The van der Waals surface area contributed by atoms with E-state index in [1.807, 2.05) is 24.3 Å². The lowest BCUT2D eigenvalue weighted by atomic mass is 9.98. The lowest BCUT2D eigenvalue weighted by molar-refractivity contribution is 0.104. The summed E-state index contributed by atoms with van der Waals surface area (Å²) in [6, 6.07) is 23.0. The molecule has 5 rings (SSSR count). The third-order valence-electron chi connectivity index (χ3n) is 4.80. The smallest absolute Gasteiger partial charge is 0.194 e. The van der Waals surface area contributed by atoms with Gasteiger partial charge in [0.1, 0.15) is 0 Å². The third-order valence-corrected chi connectivity index (χ3v) is 4.80. The van der Waals surface area contributed by atoms with E-state index in [0.717, 1.165) is 33.0 Å². The first kappa shape index (κ1) is 12.6. The fourth-order valence-electron chi connectivity index (χ4n) is 3.62. The fourth-order valence-corrected chi connectivity index (χ4v) is 3.62. The van der Waals surface area contributed by atoms with Crippen LogP contribution in [0.15, 0.2) is 66.7 Å². The first-order chi connectivity index (χ1) is 11.2. The molecule has 0 fully saturated rings. The zero-order chi connectivity index (χ0) is 15.6. The molecule has 0 amide bonds. The highest BCUT2D eigenvalue weighted by Gasteiger charge is 2.27. The van der Waals surface area contributed by atoms with Gasteiger partial charge in [0.25, 0.3) is 0 Å². The molecule has 1 aliphatic carbocycles. The van der Waals surface area contributed by atoms with Crippen LogP contribution in [0.1, 0.15) is 21.5 Å². The summed E-state index contributed by atoms with van der Waals surface area (Å²) < 4.78 is 0. The number of hydrogen-bond acceptors (Lipinski definition) is 1. The van der Waals surface area contributed by atoms with Crippen LogP contribution in [-0.4, -0.2) is 5.78 Å². The molecule has 0 radical (unpaired) electrons. The number of aryl methyl sites for hydroxylation is 1. The van der Waals surface area contributed by atoms with Crippen LogP contribution in [0.2, 0.25) is 0 Å². The Morgan fingerprint density at radius 3 is 1.74 bits per heavy atom. The zero-order valence-electron chi connectivity index (χ0n) is 12.8. The van der Waals surface area contributed by atoms with E-state index in [9.17, 15) is 4.79 Å². The summed E-state index contributed by atoms with van der Waals surface area (Å²) in [6.45, 7) is 2.08. The molecule has 0 N–H and O–H groups in total. The summed E-state index contributed by atoms with van der Waals surface area (Å²) in [5.41, 5.74) is 4.99. The Bertz CT molecular complexity index is 1140. The molecule has 1 heteroatoms. The van der Waals surface area contributed by atoms with Crippen molar-refractivity contribution in [1.29, 1.82) is 0 Å². The van der Waals surface area contributed by atoms with Crippen molar-refractivity contribution in [2.75, 3.05) is 0 Å². The van der Waals surface area contributed by atoms with E-state index >= 15 is 0 Å². The Labute approximate surface area is 134 Å². The van der Waals surface area contributed by atoms with E-state index in [1.165, 1.54) is 16.3 Å². The Hall–Kier alpha value is -2.93. The molecular weight excluding hydrogens is 280 g/mol. The van der Waals surface area contributed by atoms with Crippen LogP contribution in [0.4, 0.5) is 0 Å². The SMILES string of the molecule is Cc1ccc2cc3c(cc2c1)C(=O)c1cc2ccccc2cc1-3. The lowest BCUT2D eigenvalue weighted by Crippen LogP contribution is -1.95. The maximum Gasteiger partial charge on any atom is 0.194 e. The average molecular weight is 294 g/mol. The molecule has 1 nitrogen and oxygen atoms in total. The normalized spacial score (nSPS) is 12.7. The number of fused-ring (bicyclic) bond motifs is 5. The molecule has 0 saturated heterocycles. The minimum atomic E-state index is 0.143. The van der Waals surface area contributed by atoms with Gasteiger partial charge >= 0.3 is 0 Å². The highest BCUT2D eigenvalue weighted by Crippen LogP contribution is 2.40. The van der Waals surface area contributed by atoms with Gasteiger partial charge in [-0.3, -0.25) is 4.79 Å². The topological polar surface area (TPSA) is 17.1 Å². The zero-order valence-corrected chi connectivity index (χ0v) is 12.8. The standard InChI is InChI=1S/C22H14O/c1-13-6-7-16-10-19-18-9-14-4-2-3-5-15(14)11-20(18)22(23)21(19)12-17(16)8-13/h2-12H,1H3.